The van der Waals surface area contributed by atoms with Crippen LogP contribution >= 0.6 is 0 Å². The molecule has 3 rings (SSSR count). The number of aromatic nitrogens is 5. The molecule has 6 heteroatoms. The van der Waals surface area contributed by atoms with Gasteiger partial charge in [-0.2, -0.15) is 20.1 Å². The number of aryl methyl sites for hydroxylation is 1. The first-order chi connectivity index (χ1) is 10.3. The Hall–Kier alpha value is -2.47. The average Bonchev–Trinajstić information content (AvgIpc) is 3.17. The molecule has 2 heterocycles. The summed E-state index contributed by atoms with van der Waals surface area (Å²) in [4.78, 5) is 1.68. The zero-order valence-electron chi connectivity index (χ0n) is 12.0. The Labute approximate surface area is 123 Å². The van der Waals surface area contributed by atoms with Crippen LogP contribution in [0.25, 0.3) is 5.69 Å². The molecule has 0 saturated heterocycles. The van der Waals surface area contributed by atoms with Crippen LogP contribution in [0.15, 0.2) is 48.8 Å². The molecule has 108 valence electrons. The number of nitrogens with one attached hydrogen (secondary N) is 1. The molecular formula is C15H18N6. The number of para-hydroxylation sites is 1. The molecule has 0 radical (unpaired) electrons. The van der Waals surface area contributed by atoms with Crippen molar-refractivity contribution < 1.29 is 0 Å². The maximum Gasteiger partial charge on any atom is 0.0965 e. The number of benzene rings is 1. The van der Waals surface area contributed by atoms with E-state index in [2.05, 4.69) is 20.6 Å². The van der Waals surface area contributed by atoms with Gasteiger partial charge in [0.2, 0.25) is 0 Å². The Morgan fingerprint density at radius 1 is 1.00 bits per heavy atom. The van der Waals surface area contributed by atoms with Gasteiger partial charge in [-0.3, -0.25) is 0 Å². The first kappa shape index (κ1) is 13.5. The van der Waals surface area contributed by atoms with Crippen LogP contribution in [-0.4, -0.2) is 24.8 Å². The lowest BCUT2D eigenvalue weighted by atomic mass is 10.3. The molecule has 1 N–H and O–H groups in total. The van der Waals surface area contributed by atoms with Crippen LogP contribution in [0.4, 0.5) is 0 Å². The summed E-state index contributed by atoms with van der Waals surface area (Å²) in [6.07, 6.45) is 3.76. The maximum absolute atomic E-state index is 4.55. The summed E-state index contributed by atoms with van der Waals surface area (Å²) >= 11 is 0. The van der Waals surface area contributed by atoms with E-state index >= 15 is 0 Å². The van der Waals surface area contributed by atoms with Crippen LogP contribution in [0.2, 0.25) is 0 Å². The molecule has 1 aromatic carbocycles. The van der Waals surface area contributed by atoms with Gasteiger partial charge in [-0.15, -0.1) is 0 Å². The van der Waals surface area contributed by atoms with Crippen LogP contribution in [-0.2, 0) is 19.6 Å². The molecule has 21 heavy (non-hydrogen) atoms. The molecule has 0 saturated carbocycles. The zero-order valence-corrected chi connectivity index (χ0v) is 12.0. The lowest BCUT2D eigenvalue weighted by Crippen LogP contribution is -2.14. The summed E-state index contributed by atoms with van der Waals surface area (Å²) in [5.74, 6) is 0. The second-order valence-corrected chi connectivity index (χ2v) is 4.72. The minimum absolute atomic E-state index is 0.693. The van der Waals surface area contributed by atoms with Gasteiger partial charge in [0.1, 0.15) is 0 Å². The van der Waals surface area contributed by atoms with E-state index in [0.29, 0.717) is 13.1 Å². The Kier molecular flexibility index (Phi) is 4.07. The minimum Gasteiger partial charge on any atom is -0.305 e. The second-order valence-electron chi connectivity index (χ2n) is 4.72. The van der Waals surface area contributed by atoms with Crippen LogP contribution in [0.1, 0.15) is 18.3 Å². The predicted molar refractivity (Wildman–Crippen MR) is 79.8 cm³/mol. The van der Waals surface area contributed by atoms with Crippen molar-refractivity contribution in [1.82, 2.24) is 30.1 Å². The van der Waals surface area contributed by atoms with Crippen LogP contribution in [0, 0.1) is 0 Å². The standard InChI is InChI=1S/C15H18N6/c1-2-21-17-12-14(19-21)11-16-10-13-8-9-20(18-13)15-6-4-3-5-7-15/h3-9,12,16H,2,10-11H2,1H3. The van der Waals surface area contributed by atoms with Gasteiger partial charge >= 0.3 is 0 Å². The van der Waals surface area contributed by atoms with Gasteiger partial charge in [0.05, 0.1) is 29.8 Å². The van der Waals surface area contributed by atoms with Gasteiger partial charge in [-0.1, -0.05) is 18.2 Å². The van der Waals surface area contributed by atoms with Gasteiger partial charge in [0, 0.05) is 19.3 Å². The SMILES string of the molecule is CCn1ncc(CNCc2ccn(-c3ccccc3)n2)n1. The first-order valence-electron chi connectivity index (χ1n) is 7.05. The largest absolute Gasteiger partial charge is 0.305 e. The fraction of sp³-hybridized carbons (Fsp3) is 0.267. The van der Waals surface area contributed by atoms with Crippen molar-refractivity contribution in [3.63, 3.8) is 0 Å². The Balaban J connectivity index is 1.55. The van der Waals surface area contributed by atoms with Crippen molar-refractivity contribution in [2.24, 2.45) is 0 Å². The topological polar surface area (TPSA) is 60.6 Å². The highest BCUT2D eigenvalue weighted by molar-refractivity contribution is 5.30. The lowest BCUT2D eigenvalue weighted by molar-refractivity contribution is 0.556. The minimum atomic E-state index is 0.693. The smallest absolute Gasteiger partial charge is 0.0965 e. The van der Waals surface area contributed by atoms with Gasteiger partial charge in [-0.05, 0) is 25.1 Å². The first-order valence-corrected chi connectivity index (χ1v) is 7.05. The van der Waals surface area contributed by atoms with Gasteiger partial charge in [0.25, 0.3) is 0 Å². The van der Waals surface area contributed by atoms with Crippen LogP contribution < -0.4 is 5.32 Å². The third-order valence-electron chi connectivity index (χ3n) is 3.14. The summed E-state index contributed by atoms with van der Waals surface area (Å²) in [6, 6.07) is 12.1. The van der Waals surface area contributed by atoms with Crippen molar-refractivity contribution in [2.75, 3.05) is 0 Å². The molecule has 0 fully saturated rings. The van der Waals surface area contributed by atoms with Gasteiger partial charge in [-0.25, -0.2) is 4.68 Å². The average molecular weight is 282 g/mol. The maximum atomic E-state index is 4.55. The summed E-state index contributed by atoms with van der Waals surface area (Å²) in [6.45, 7) is 4.21. The lowest BCUT2D eigenvalue weighted by Gasteiger charge is -2.01. The highest BCUT2D eigenvalue weighted by atomic mass is 15.5. The third-order valence-corrected chi connectivity index (χ3v) is 3.14. The van der Waals surface area contributed by atoms with E-state index in [-0.39, 0.29) is 0 Å². The molecule has 0 bridgehead atoms. The molecule has 3 aromatic rings. The van der Waals surface area contributed by atoms with Crippen molar-refractivity contribution in [1.29, 1.82) is 0 Å². The van der Waals surface area contributed by atoms with Crippen molar-refractivity contribution >= 4 is 0 Å². The van der Waals surface area contributed by atoms with Gasteiger partial charge in [0.15, 0.2) is 0 Å². The fourth-order valence-corrected chi connectivity index (χ4v) is 2.07. The summed E-state index contributed by atoms with van der Waals surface area (Å²) in [5.41, 5.74) is 3.01. The fourth-order valence-electron chi connectivity index (χ4n) is 2.07. The van der Waals surface area contributed by atoms with Crippen molar-refractivity contribution in [3.8, 4) is 5.69 Å². The molecule has 0 unspecified atom stereocenters. The highest BCUT2D eigenvalue weighted by Crippen LogP contribution is 2.06. The van der Waals surface area contributed by atoms with E-state index in [1.807, 2.05) is 54.2 Å². The Bertz CT molecular complexity index is 685. The molecular weight excluding hydrogens is 264 g/mol. The van der Waals surface area contributed by atoms with E-state index in [4.69, 9.17) is 0 Å². The van der Waals surface area contributed by atoms with Gasteiger partial charge < -0.3 is 5.32 Å². The predicted octanol–water partition coefficient (Wildman–Crippen LogP) is 1.77. The number of nitrogens with zero attached hydrogens (tertiary/aromatic N) is 5. The van der Waals surface area contributed by atoms with Crippen molar-refractivity contribution in [3.05, 3.63) is 60.2 Å². The molecule has 0 aliphatic heterocycles. The molecule has 0 aliphatic rings. The normalized spacial score (nSPS) is 10.9. The molecule has 2 aromatic heterocycles. The van der Waals surface area contributed by atoms with Crippen LogP contribution in [0.3, 0.4) is 0 Å². The monoisotopic (exact) mass is 282 g/mol. The third kappa shape index (κ3) is 3.35. The molecule has 6 nitrogen and oxygen atoms in total. The van der Waals surface area contributed by atoms with Crippen molar-refractivity contribution in [2.45, 2.75) is 26.6 Å². The number of hydrogen-bond donors (Lipinski definition) is 1. The van der Waals surface area contributed by atoms with E-state index < -0.39 is 0 Å². The Morgan fingerprint density at radius 3 is 2.57 bits per heavy atom. The number of hydrogen-bond acceptors (Lipinski definition) is 4. The van der Waals surface area contributed by atoms with E-state index in [1.54, 1.807) is 11.0 Å². The molecule has 0 spiro atoms. The van der Waals surface area contributed by atoms with E-state index in [0.717, 1.165) is 23.6 Å². The second kappa shape index (κ2) is 6.32. The quantitative estimate of drug-likeness (QED) is 0.748. The zero-order chi connectivity index (χ0) is 14.5. The molecule has 0 atom stereocenters. The summed E-state index contributed by atoms with van der Waals surface area (Å²) in [5, 5.41) is 16.4. The van der Waals surface area contributed by atoms with E-state index in [9.17, 15) is 0 Å². The molecule has 0 amide bonds. The Morgan fingerprint density at radius 2 is 1.81 bits per heavy atom. The van der Waals surface area contributed by atoms with Crippen LogP contribution in [0.5, 0.6) is 0 Å². The van der Waals surface area contributed by atoms with E-state index in [1.165, 1.54) is 0 Å². The summed E-state index contributed by atoms with van der Waals surface area (Å²) < 4.78 is 1.88. The number of rotatable bonds is 6. The molecule has 0 aliphatic carbocycles. The highest BCUT2D eigenvalue weighted by Gasteiger charge is 2.02. The summed E-state index contributed by atoms with van der Waals surface area (Å²) in [7, 11) is 0.